The lowest BCUT2D eigenvalue weighted by atomic mass is 9.95. The van der Waals surface area contributed by atoms with E-state index < -0.39 is 0 Å². The molecule has 2 amide bonds. The summed E-state index contributed by atoms with van der Waals surface area (Å²) in [6.07, 6.45) is 3.88. The molecule has 0 aliphatic heterocycles. The first-order chi connectivity index (χ1) is 15.6. The number of rotatable bonds is 6. The number of hydrogen-bond donors (Lipinski definition) is 2. The Hall–Kier alpha value is -3.50. The second kappa shape index (κ2) is 9.75. The molecule has 4 rings (SSSR count). The Labute approximate surface area is 191 Å². The predicted octanol–water partition coefficient (Wildman–Crippen LogP) is 4.92. The highest BCUT2D eigenvalue weighted by Gasteiger charge is 2.26. The number of benzene rings is 2. The number of aromatic nitrogens is 1. The SMILES string of the molecule is CC(=O)Nc1ccc(SCC(=O)Nc2c(C#N)c3c(n2-c2ccccc2)CCCC3)cc1. The van der Waals surface area contributed by atoms with Crippen LogP contribution in [0.25, 0.3) is 5.69 Å². The first-order valence-electron chi connectivity index (χ1n) is 10.6. The zero-order chi connectivity index (χ0) is 22.5. The first-order valence-corrected chi connectivity index (χ1v) is 11.6. The minimum atomic E-state index is -0.163. The van der Waals surface area contributed by atoms with Crippen LogP contribution in [0.1, 0.15) is 36.6 Å². The van der Waals surface area contributed by atoms with E-state index in [0.29, 0.717) is 11.4 Å². The average molecular weight is 445 g/mol. The van der Waals surface area contributed by atoms with Gasteiger partial charge in [-0.2, -0.15) is 5.26 Å². The number of hydrogen-bond acceptors (Lipinski definition) is 4. The van der Waals surface area contributed by atoms with E-state index >= 15 is 0 Å². The van der Waals surface area contributed by atoms with Crippen molar-refractivity contribution in [3.05, 3.63) is 71.4 Å². The van der Waals surface area contributed by atoms with Crippen LogP contribution in [-0.2, 0) is 22.4 Å². The van der Waals surface area contributed by atoms with Crippen LogP contribution in [0.15, 0.2) is 59.5 Å². The molecule has 6 nitrogen and oxygen atoms in total. The smallest absolute Gasteiger partial charge is 0.235 e. The molecule has 0 fully saturated rings. The number of fused-ring (bicyclic) bond motifs is 1. The molecular weight excluding hydrogens is 420 g/mol. The molecule has 1 aliphatic rings. The Morgan fingerprint density at radius 1 is 1.03 bits per heavy atom. The van der Waals surface area contributed by atoms with Gasteiger partial charge < -0.3 is 10.6 Å². The van der Waals surface area contributed by atoms with Crippen LogP contribution in [-0.4, -0.2) is 22.1 Å². The van der Waals surface area contributed by atoms with Gasteiger partial charge in [0.1, 0.15) is 11.9 Å². The molecule has 0 saturated carbocycles. The van der Waals surface area contributed by atoms with E-state index in [1.165, 1.54) is 18.7 Å². The van der Waals surface area contributed by atoms with Gasteiger partial charge in [-0.25, -0.2) is 0 Å². The summed E-state index contributed by atoms with van der Waals surface area (Å²) >= 11 is 1.41. The molecule has 0 saturated heterocycles. The van der Waals surface area contributed by atoms with Crippen molar-refractivity contribution in [3.63, 3.8) is 0 Å². The third-order valence-corrected chi connectivity index (χ3v) is 6.41. The normalized spacial score (nSPS) is 12.5. The van der Waals surface area contributed by atoms with E-state index in [4.69, 9.17) is 0 Å². The molecule has 0 spiro atoms. The van der Waals surface area contributed by atoms with Crippen molar-refractivity contribution >= 4 is 35.1 Å². The van der Waals surface area contributed by atoms with Crippen LogP contribution in [0.4, 0.5) is 11.5 Å². The van der Waals surface area contributed by atoms with Crippen LogP contribution >= 0.6 is 11.8 Å². The standard InChI is InChI=1S/C25H24N4O2S/c1-17(30)27-18-11-13-20(14-12-18)32-16-24(31)28-25-22(15-26)21-9-5-6-10-23(21)29(25)19-7-3-2-4-8-19/h2-4,7-8,11-14H,5-6,9-10,16H2,1H3,(H,27,30)(H,28,31). The van der Waals surface area contributed by atoms with Gasteiger partial charge in [0.05, 0.1) is 11.3 Å². The molecule has 1 aliphatic carbocycles. The lowest BCUT2D eigenvalue weighted by molar-refractivity contribution is -0.114. The zero-order valence-electron chi connectivity index (χ0n) is 17.9. The summed E-state index contributed by atoms with van der Waals surface area (Å²) in [5.74, 6) is 0.499. The molecule has 0 bridgehead atoms. The first kappa shape index (κ1) is 21.7. The summed E-state index contributed by atoms with van der Waals surface area (Å²) in [7, 11) is 0. The summed E-state index contributed by atoms with van der Waals surface area (Å²) < 4.78 is 2.04. The largest absolute Gasteiger partial charge is 0.326 e. The molecule has 162 valence electrons. The van der Waals surface area contributed by atoms with Gasteiger partial charge in [-0.1, -0.05) is 18.2 Å². The maximum Gasteiger partial charge on any atom is 0.235 e. The Morgan fingerprint density at radius 3 is 2.44 bits per heavy atom. The summed E-state index contributed by atoms with van der Waals surface area (Å²) in [4.78, 5) is 24.9. The van der Waals surface area contributed by atoms with Crippen LogP contribution < -0.4 is 10.6 Å². The summed E-state index contributed by atoms with van der Waals surface area (Å²) in [6.45, 7) is 1.46. The van der Waals surface area contributed by atoms with E-state index in [9.17, 15) is 14.9 Å². The van der Waals surface area contributed by atoms with Crippen molar-refractivity contribution < 1.29 is 9.59 Å². The lowest BCUT2D eigenvalue weighted by Crippen LogP contribution is -2.18. The van der Waals surface area contributed by atoms with E-state index in [-0.39, 0.29) is 17.6 Å². The van der Waals surface area contributed by atoms with Crippen molar-refractivity contribution in [1.82, 2.24) is 4.57 Å². The fourth-order valence-corrected chi connectivity index (χ4v) is 4.75. The van der Waals surface area contributed by atoms with Gasteiger partial charge in [-0.3, -0.25) is 14.2 Å². The molecular formula is C25H24N4O2S. The number of thioether (sulfide) groups is 1. The second-order valence-electron chi connectivity index (χ2n) is 7.68. The molecule has 1 heterocycles. The van der Waals surface area contributed by atoms with Crippen molar-refractivity contribution in [2.24, 2.45) is 0 Å². The molecule has 0 atom stereocenters. The van der Waals surface area contributed by atoms with Crippen LogP contribution in [0.2, 0.25) is 0 Å². The third kappa shape index (κ3) is 4.71. The Bertz CT molecular complexity index is 1180. The van der Waals surface area contributed by atoms with Crippen LogP contribution in [0, 0.1) is 11.3 Å². The van der Waals surface area contributed by atoms with Crippen molar-refractivity contribution in [1.29, 1.82) is 5.26 Å². The van der Waals surface area contributed by atoms with Crippen LogP contribution in [0.3, 0.4) is 0 Å². The average Bonchev–Trinajstić information content (AvgIpc) is 3.11. The maximum atomic E-state index is 12.9. The number of nitrogens with zero attached hydrogens (tertiary/aromatic N) is 2. The Morgan fingerprint density at radius 2 is 1.75 bits per heavy atom. The van der Waals surface area contributed by atoms with E-state index in [2.05, 4.69) is 16.7 Å². The molecule has 0 unspecified atom stereocenters. The molecule has 32 heavy (non-hydrogen) atoms. The van der Waals surface area contributed by atoms with Gasteiger partial charge in [0.25, 0.3) is 0 Å². The van der Waals surface area contributed by atoms with Gasteiger partial charge in [-0.05, 0) is 67.6 Å². The van der Waals surface area contributed by atoms with Gasteiger partial charge in [0, 0.05) is 28.9 Å². The van der Waals surface area contributed by atoms with Gasteiger partial charge in [0.2, 0.25) is 11.8 Å². The molecule has 2 N–H and O–H groups in total. The number of nitrogens with one attached hydrogen (secondary N) is 2. The number of amides is 2. The number of carbonyl (C=O) groups excluding carboxylic acids is 2. The monoisotopic (exact) mass is 444 g/mol. The van der Waals surface area contributed by atoms with Crippen LogP contribution in [0.5, 0.6) is 0 Å². The lowest BCUT2D eigenvalue weighted by Gasteiger charge is -2.17. The minimum Gasteiger partial charge on any atom is -0.326 e. The zero-order valence-corrected chi connectivity index (χ0v) is 18.7. The molecule has 1 aromatic heterocycles. The highest BCUT2D eigenvalue weighted by atomic mass is 32.2. The fraction of sp³-hybridized carbons (Fsp3) is 0.240. The van der Waals surface area contributed by atoms with Gasteiger partial charge >= 0.3 is 0 Å². The van der Waals surface area contributed by atoms with E-state index in [1.807, 2.05) is 59.2 Å². The van der Waals surface area contributed by atoms with E-state index in [1.54, 1.807) is 0 Å². The van der Waals surface area contributed by atoms with Gasteiger partial charge in [0.15, 0.2) is 0 Å². The van der Waals surface area contributed by atoms with Gasteiger partial charge in [-0.15, -0.1) is 11.8 Å². The number of carbonyl (C=O) groups is 2. The molecule has 2 aromatic carbocycles. The predicted molar refractivity (Wildman–Crippen MR) is 127 cm³/mol. The summed E-state index contributed by atoms with van der Waals surface area (Å²) in [6, 6.07) is 19.6. The molecule has 3 aromatic rings. The highest BCUT2D eigenvalue weighted by molar-refractivity contribution is 8.00. The summed E-state index contributed by atoms with van der Waals surface area (Å²) in [5, 5.41) is 15.6. The number of nitriles is 1. The maximum absolute atomic E-state index is 12.9. The second-order valence-corrected chi connectivity index (χ2v) is 8.73. The van der Waals surface area contributed by atoms with Crippen molar-refractivity contribution in [2.75, 3.05) is 16.4 Å². The Balaban J connectivity index is 1.55. The Kier molecular flexibility index (Phi) is 6.62. The number of para-hydroxylation sites is 1. The minimum absolute atomic E-state index is 0.123. The molecule has 0 radical (unpaired) electrons. The quantitative estimate of drug-likeness (QED) is 0.529. The van der Waals surface area contributed by atoms with Crippen molar-refractivity contribution in [3.8, 4) is 11.8 Å². The fourth-order valence-electron chi connectivity index (χ4n) is 4.05. The number of anilines is 2. The third-order valence-electron chi connectivity index (χ3n) is 5.40. The molecule has 7 heteroatoms. The van der Waals surface area contributed by atoms with Crippen molar-refractivity contribution in [2.45, 2.75) is 37.5 Å². The van der Waals surface area contributed by atoms with E-state index in [0.717, 1.165) is 53.2 Å². The topological polar surface area (TPSA) is 86.9 Å². The summed E-state index contributed by atoms with van der Waals surface area (Å²) in [5.41, 5.74) is 4.41. The highest BCUT2D eigenvalue weighted by Crippen LogP contribution is 2.35.